The van der Waals surface area contributed by atoms with E-state index in [0.29, 0.717) is 0 Å². The van der Waals surface area contributed by atoms with E-state index in [4.69, 9.17) is 4.74 Å². The molecule has 1 aliphatic rings. The molecule has 1 aromatic carbocycles. The van der Waals surface area contributed by atoms with E-state index in [1.165, 1.54) is 5.69 Å². The second-order valence-electron chi connectivity index (χ2n) is 7.12. The molecule has 0 saturated heterocycles. The fourth-order valence-corrected chi connectivity index (χ4v) is 4.07. The Hall–Kier alpha value is -3.45. The van der Waals surface area contributed by atoms with Crippen molar-refractivity contribution in [2.24, 2.45) is 0 Å². The van der Waals surface area contributed by atoms with Crippen molar-refractivity contribution < 1.29 is 4.74 Å². The molecule has 29 heavy (non-hydrogen) atoms. The Bertz CT molecular complexity index is 1090. The molecule has 0 amide bonds. The fourth-order valence-electron chi connectivity index (χ4n) is 4.07. The van der Waals surface area contributed by atoms with Crippen LogP contribution >= 0.6 is 0 Å². The van der Waals surface area contributed by atoms with Crippen LogP contribution in [-0.4, -0.2) is 43.3 Å². The first-order chi connectivity index (χ1) is 14.3. The van der Waals surface area contributed by atoms with Gasteiger partial charge in [-0.1, -0.05) is 6.07 Å². The Labute approximate surface area is 169 Å². The van der Waals surface area contributed by atoms with Crippen LogP contribution < -0.4 is 4.74 Å². The van der Waals surface area contributed by atoms with Crippen molar-refractivity contribution in [1.29, 1.82) is 0 Å². The topological polar surface area (TPSA) is 71.9 Å². The summed E-state index contributed by atoms with van der Waals surface area (Å²) in [6.07, 6.45) is 10.2. The number of pyridine rings is 1. The van der Waals surface area contributed by atoms with Gasteiger partial charge in [0, 0.05) is 50.0 Å². The fraction of sp³-hybridized carbons (Fsp3) is 0.227. The van der Waals surface area contributed by atoms with E-state index in [0.717, 1.165) is 47.8 Å². The monoisotopic (exact) mass is 386 g/mol. The predicted octanol–water partition coefficient (Wildman–Crippen LogP) is 3.15. The average Bonchev–Trinajstić information content (AvgIpc) is 3.46. The first-order valence-electron chi connectivity index (χ1n) is 9.66. The number of aromatic nitrogens is 5. The zero-order chi connectivity index (χ0) is 19.6. The molecule has 3 aromatic heterocycles. The lowest BCUT2D eigenvalue weighted by Gasteiger charge is -2.35. The third-order valence-corrected chi connectivity index (χ3v) is 5.44. The van der Waals surface area contributed by atoms with E-state index in [-0.39, 0.29) is 6.04 Å². The minimum absolute atomic E-state index is 0.0513. The summed E-state index contributed by atoms with van der Waals surface area (Å²) in [5.74, 6) is 0.839. The molecule has 1 unspecified atom stereocenters. The van der Waals surface area contributed by atoms with Gasteiger partial charge < -0.3 is 9.72 Å². The van der Waals surface area contributed by atoms with E-state index in [2.05, 4.69) is 43.1 Å². The van der Waals surface area contributed by atoms with Crippen LogP contribution in [0.4, 0.5) is 0 Å². The molecule has 4 heterocycles. The molecule has 1 aliphatic heterocycles. The van der Waals surface area contributed by atoms with Gasteiger partial charge in [0.05, 0.1) is 30.9 Å². The van der Waals surface area contributed by atoms with Gasteiger partial charge in [-0.3, -0.25) is 9.88 Å². The van der Waals surface area contributed by atoms with Crippen LogP contribution in [0.1, 0.15) is 28.6 Å². The summed E-state index contributed by atoms with van der Waals surface area (Å²) >= 11 is 0. The summed E-state index contributed by atoms with van der Waals surface area (Å²) in [5.41, 5.74) is 5.62. The number of nitrogens with one attached hydrogen (secondary N) is 1. The maximum Gasteiger partial charge on any atom is 0.119 e. The molecule has 5 rings (SSSR count). The second kappa shape index (κ2) is 7.52. The van der Waals surface area contributed by atoms with Crippen molar-refractivity contribution >= 4 is 0 Å². The molecule has 0 aliphatic carbocycles. The largest absolute Gasteiger partial charge is 0.497 e. The Morgan fingerprint density at radius 3 is 2.97 bits per heavy atom. The highest BCUT2D eigenvalue weighted by atomic mass is 16.5. The zero-order valence-electron chi connectivity index (χ0n) is 16.2. The van der Waals surface area contributed by atoms with Gasteiger partial charge in [0.25, 0.3) is 0 Å². The molecule has 4 aromatic rings. The van der Waals surface area contributed by atoms with Crippen molar-refractivity contribution in [3.05, 3.63) is 90.0 Å². The molecule has 1 N–H and O–H groups in total. The lowest BCUT2D eigenvalue weighted by atomic mass is 9.96. The molecule has 0 bridgehead atoms. The highest BCUT2D eigenvalue weighted by molar-refractivity contribution is 5.46. The van der Waals surface area contributed by atoms with E-state index >= 15 is 0 Å². The van der Waals surface area contributed by atoms with Gasteiger partial charge in [0.1, 0.15) is 5.75 Å². The highest BCUT2D eigenvalue weighted by Crippen LogP contribution is 2.35. The van der Waals surface area contributed by atoms with E-state index in [1.54, 1.807) is 25.8 Å². The Morgan fingerprint density at radius 1 is 1.21 bits per heavy atom. The molecule has 146 valence electrons. The molecule has 0 radical (unpaired) electrons. The van der Waals surface area contributed by atoms with Crippen LogP contribution in [0, 0.1) is 0 Å². The van der Waals surface area contributed by atoms with Crippen LogP contribution in [-0.2, 0) is 13.0 Å². The van der Waals surface area contributed by atoms with Gasteiger partial charge in [-0.05, 0) is 41.5 Å². The number of fused-ring (bicyclic) bond motifs is 1. The Kier molecular flexibility index (Phi) is 4.57. The molecule has 7 heteroatoms. The molecule has 7 nitrogen and oxygen atoms in total. The molecular formula is C22H22N6O. The highest BCUT2D eigenvalue weighted by Gasteiger charge is 2.31. The van der Waals surface area contributed by atoms with Crippen molar-refractivity contribution in [3.8, 4) is 11.4 Å². The SMILES string of the molecule is COc1ccc(-n2cccn2)c(CN2CCc3[nH]cnc3C2c2cccnc2)c1. The number of methoxy groups -OCH3 is 1. The van der Waals surface area contributed by atoms with Gasteiger partial charge in [-0.2, -0.15) is 5.10 Å². The van der Waals surface area contributed by atoms with Crippen LogP contribution in [0.15, 0.2) is 67.5 Å². The number of imidazole rings is 1. The smallest absolute Gasteiger partial charge is 0.119 e. The van der Waals surface area contributed by atoms with E-state index in [1.807, 2.05) is 35.3 Å². The van der Waals surface area contributed by atoms with Crippen molar-refractivity contribution in [1.82, 2.24) is 29.6 Å². The first kappa shape index (κ1) is 17.6. The second-order valence-corrected chi connectivity index (χ2v) is 7.12. The number of aromatic amines is 1. The normalized spacial score (nSPS) is 16.5. The zero-order valence-corrected chi connectivity index (χ0v) is 16.2. The molecule has 0 spiro atoms. The number of nitrogens with zero attached hydrogens (tertiary/aromatic N) is 5. The molecular weight excluding hydrogens is 364 g/mol. The summed E-state index contributed by atoms with van der Waals surface area (Å²) in [7, 11) is 1.70. The standard InChI is InChI=1S/C22H22N6O/c1-29-18-5-6-20(28-10-3-9-26-28)17(12-18)14-27-11-7-19-21(25-15-24-19)22(27)16-4-2-8-23-13-16/h2-6,8-10,12-13,15,22H,7,11,14H2,1H3,(H,24,25). The molecule has 0 saturated carbocycles. The number of hydrogen-bond acceptors (Lipinski definition) is 5. The summed E-state index contributed by atoms with van der Waals surface area (Å²) < 4.78 is 7.40. The number of H-pyrrole nitrogens is 1. The maximum absolute atomic E-state index is 5.50. The molecule has 0 fully saturated rings. The Morgan fingerprint density at radius 2 is 2.17 bits per heavy atom. The number of benzene rings is 1. The number of ether oxygens (including phenoxy) is 1. The summed E-state index contributed by atoms with van der Waals surface area (Å²) in [6, 6.07) is 12.2. The minimum atomic E-state index is 0.0513. The lowest BCUT2D eigenvalue weighted by molar-refractivity contribution is 0.199. The predicted molar refractivity (Wildman–Crippen MR) is 109 cm³/mol. The van der Waals surface area contributed by atoms with Crippen LogP contribution in [0.5, 0.6) is 5.75 Å². The third-order valence-electron chi connectivity index (χ3n) is 5.44. The first-order valence-corrected chi connectivity index (χ1v) is 9.66. The number of hydrogen-bond donors (Lipinski definition) is 1. The van der Waals surface area contributed by atoms with Gasteiger partial charge in [0.15, 0.2) is 0 Å². The summed E-state index contributed by atoms with van der Waals surface area (Å²) in [5, 5.41) is 4.43. The average molecular weight is 386 g/mol. The number of rotatable bonds is 5. The van der Waals surface area contributed by atoms with Gasteiger partial charge in [-0.15, -0.1) is 0 Å². The summed E-state index contributed by atoms with van der Waals surface area (Å²) in [4.78, 5) is 14.7. The van der Waals surface area contributed by atoms with Crippen molar-refractivity contribution in [2.45, 2.75) is 19.0 Å². The maximum atomic E-state index is 5.50. The van der Waals surface area contributed by atoms with Crippen molar-refractivity contribution in [3.63, 3.8) is 0 Å². The summed E-state index contributed by atoms with van der Waals surface area (Å²) in [6.45, 7) is 1.67. The van der Waals surface area contributed by atoms with Crippen molar-refractivity contribution in [2.75, 3.05) is 13.7 Å². The third kappa shape index (κ3) is 3.30. The van der Waals surface area contributed by atoms with Crippen LogP contribution in [0.25, 0.3) is 5.69 Å². The lowest BCUT2D eigenvalue weighted by Crippen LogP contribution is -2.36. The van der Waals surface area contributed by atoms with Crippen LogP contribution in [0.2, 0.25) is 0 Å². The van der Waals surface area contributed by atoms with Crippen LogP contribution in [0.3, 0.4) is 0 Å². The van der Waals surface area contributed by atoms with Gasteiger partial charge >= 0.3 is 0 Å². The Balaban J connectivity index is 1.56. The molecule has 1 atom stereocenters. The van der Waals surface area contributed by atoms with E-state index in [9.17, 15) is 0 Å². The van der Waals surface area contributed by atoms with Gasteiger partial charge in [0.2, 0.25) is 0 Å². The van der Waals surface area contributed by atoms with Gasteiger partial charge in [-0.25, -0.2) is 9.67 Å². The quantitative estimate of drug-likeness (QED) is 0.570. The van der Waals surface area contributed by atoms with E-state index < -0.39 is 0 Å². The minimum Gasteiger partial charge on any atom is -0.497 e.